The molecule has 0 radical (unpaired) electrons. The predicted octanol–water partition coefficient (Wildman–Crippen LogP) is 2.35. The van der Waals surface area contributed by atoms with E-state index in [0.717, 1.165) is 36.0 Å². The average Bonchev–Trinajstić information content (AvgIpc) is 3.10. The topological polar surface area (TPSA) is 101 Å². The van der Waals surface area contributed by atoms with Crippen molar-refractivity contribution in [3.63, 3.8) is 0 Å². The lowest BCUT2D eigenvalue weighted by Crippen LogP contribution is -2.48. The number of benzene rings is 1. The Morgan fingerprint density at radius 1 is 1.29 bits per heavy atom. The monoisotopic (exact) mass is 380 g/mol. The van der Waals surface area contributed by atoms with E-state index in [2.05, 4.69) is 10.1 Å². The first kappa shape index (κ1) is 18.3. The summed E-state index contributed by atoms with van der Waals surface area (Å²) in [5.41, 5.74) is 9.30. The molecule has 3 heterocycles. The third kappa shape index (κ3) is 3.52. The van der Waals surface area contributed by atoms with Crippen molar-refractivity contribution in [3.8, 4) is 0 Å². The zero-order valence-corrected chi connectivity index (χ0v) is 15.9. The van der Waals surface area contributed by atoms with Crippen molar-refractivity contribution in [1.82, 2.24) is 9.88 Å². The molecule has 0 aliphatic carbocycles. The van der Waals surface area contributed by atoms with Gasteiger partial charge in [0, 0.05) is 24.3 Å². The molecule has 4 rings (SSSR count). The number of oxime groups is 1. The molecule has 28 heavy (non-hydrogen) atoms. The van der Waals surface area contributed by atoms with Crippen molar-refractivity contribution in [2.45, 2.75) is 38.6 Å². The van der Waals surface area contributed by atoms with Crippen LogP contribution in [0, 0.1) is 12.8 Å². The maximum Gasteiger partial charge on any atom is 0.339 e. The SMILES string of the molecule is Cc1c[nH]c(/C(N)=N/OC(=O)C2CCC3CCc4ccccc4C(=O)N3C2)c1. The van der Waals surface area contributed by atoms with Gasteiger partial charge < -0.3 is 20.5 Å². The number of amides is 1. The number of amidine groups is 1. The van der Waals surface area contributed by atoms with Gasteiger partial charge in [-0.1, -0.05) is 23.4 Å². The summed E-state index contributed by atoms with van der Waals surface area (Å²) in [7, 11) is 0. The van der Waals surface area contributed by atoms with Crippen LogP contribution in [0.15, 0.2) is 41.7 Å². The van der Waals surface area contributed by atoms with Crippen molar-refractivity contribution in [2.24, 2.45) is 16.8 Å². The zero-order chi connectivity index (χ0) is 19.7. The van der Waals surface area contributed by atoms with Crippen molar-refractivity contribution in [3.05, 3.63) is 58.9 Å². The van der Waals surface area contributed by atoms with Crippen LogP contribution in [0.25, 0.3) is 0 Å². The summed E-state index contributed by atoms with van der Waals surface area (Å²) in [4.78, 5) is 35.4. The molecule has 1 aromatic carbocycles. The van der Waals surface area contributed by atoms with Crippen LogP contribution in [0.4, 0.5) is 0 Å². The highest BCUT2D eigenvalue weighted by Gasteiger charge is 2.38. The summed E-state index contributed by atoms with van der Waals surface area (Å²) in [6.45, 7) is 2.28. The molecule has 0 bridgehead atoms. The molecule has 7 heteroatoms. The van der Waals surface area contributed by atoms with Gasteiger partial charge in [-0.3, -0.25) is 4.79 Å². The molecule has 2 aliphatic rings. The van der Waals surface area contributed by atoms with Crippen molar-refractivity contribution < 1.29 is 14.4 Å². The molecule has 2 unspecified atom stereocenters. The highest BCUT2D eigenvalue weighted by atomic mass is 16.7. The van der Waals surface area contributed by atoms with Crippen LogP contribution in [0.3, 0.4) is 0 Å². The van der Waals surface area contributed by atoms with Gasteiger partial charge in [0.2, 0.25) is 0 Å². The Labute approximate surface area is 163 Å². The number of hydrogen-bond donors (Lipinski definition) is 2. The Bertz CT molecular complexity index is 933. The van der Waals surface area contributed by atoms with Gasteiger partial charge in [0.05, 0.1) is 11.6 Å². The largest absolute Gasteiger partial charge is 0.379 e. The van der Waals surface area contributed by atoms with Crippen LogP contribution in [0.1, 0.15) is 46.4 Å². The number of aromatic amines is 1. The number of hydrogen-bond acceptors (Lipinski definition) is 4. The van der Waals surface area contributed by atoms with E-state index in [1.807, 2.05) is 42.2 Å². The minimum atomic E-state index is -0.449. The average molecular weight is 380 g/mol. The highest BCUT2D eigenvalue weighted by molar-refractivity contribution is 5.97. The molecular weight excluding hydrogens is 356 g/mol. The van der Waals surface area contributed by atoms with Gasteiger partial charge in [0.25, 0.3) is 5.91 Å². The molecular formula is C21H24N4O3. The van der Waals surface area contributed by atoms with Crippen LogP contribution in [0.2, 0.25) is 0 Å². The highest BCUT2D eigenvalue weighted by Crippen LogP contribution is 2.31. The van der Waals surface area contributed by atoms with Crippen LogP contribution < -0.4 is 5.73 Å². The van der Waals surface area contributed by atoms with Gasteiger partial charge in [-0.2, -0.15) is 0 Å². The van der Waals surface area contributed by atoms with Gasteiger partial charge >= 0.3 is 5.97 Å². The molecule has 7 nitrogen and oxygen atoms in total. The number of rotatable bonds is 3. The van der Waals surface area contributed by atoms with E-state index < -0.39 is 11.9 Å². The fraction of sp³-hybridized carbons (Fsp3) is 0.381. The van der Waals surface area contributed by atoms with Gasteiger partial charge in [0.15, 0.2) is 5.84 Å². The predicted molar refractivity (Wildman–Crippen MR) is 105 cm³/mol. The second-order valence-corrected chi connectivity index (χ2v) is 7.56. The molecule has 0 saturated carbocycles. The third-order valence-corrected chi connectivity index (χ3v) is 5.63. The molecule has 1 aromatic heterocycles. The number of aromatic nitrogens is 1. The summed E-state index contributed by atoms with van der Waals surface area (Å²) in [6, 6.07) is 9.71. The van der Waals surface area contributed by atoms with E-state index in [-0.39, 0.29) is 17.8 Å². The van der Waals surface area contributed by atoms with E-state index in [1.54, 1.807) is 6.20 Å². The normalized spacial score (nSPS) is 22.2. The van der Waals surface area contributed by atoms with Crippen molar-refractivity contribution in [2.75, 3.05) is 6.54 Å². The Morgan fingerprint density at radius 2 is 2.11 bits per heavy atom. The molecule has 146 valence electrons. The Hall–Kier alpha value is -3.09. The fourth-order valence-electron chi connectivity index (χ4n) is 4.06. The molecule has 1 saturated heterocycles. The fourth-order valence-corrected chi connectivity index (χ4v) is 4.06. The third-order valence-electron chi connectivity index (χ3n) is 5.63. The zero-order valence-electron chi connectivity index (χ0n) is 15.9. The number of fused-ring (bicyclic) bond motifs is 2. The van der Waals surface area contributed by atoms with Gasteiger partial charge in [-0.15, -0.1) is 0 Å². The molecule has 2 aliphatic heterocycles. The lowest BCUT2D eigenvalue weighted by Gasteiger charge is -2.37. The first-order valence-electron chi connectivity index (χ1n) is 9.61. The second-order valence-electron chi connectivity index (χ2n) is 7.56. The number of piperidine rings is 1. The Morgan fingerprint density at radius 3 is 2.89 bits per heavy atom. The van der Waals surface area contributed by atoms with Crippen LogP contribution in [-0.2, 0) is 16.1 Å². The smallest absolute Gasteiger partial charge is 0.339 e. The number of nitrogens with one attached hydrogen (secondary N) is 1. The summed E-state index contributed by atoms with van der Waals surface area (Å²) in [5, 5.41) is 3.77. The van der Waals surface area contributed by atoms with Crippen LogP contribution >= 0.6 is 0 Å². The second kappa shape index (κ2) is 7.50. The number of nitrogens with zero attached hydrogens (tertiary/aromatic N) is 2. The first-order valence-corrected chi connectivity index (χ1v) is 9.61. The maximum atomic E-state index is 13.0. The van der Waals surface area contributed by atoms with Gasteiger partial charge in [-0.05, 0) is 55.9 Å². The van der Waals surface area contributed by atoms with Gasteiger partial charge in [-0.25, -0.2) is 4.79 Å². The van der Waals surface area contributed by atoms with Gasteiger partial charge in [0.1, 0.15) is 0 Å². The Kier molecular flexibility index (Phi) is 4.90. The quantitative estimate of drug-likeness (QED) is 0.369. The minimum absolute atomic E-state index is 0.000441. The molecule has 0 spiro atoms. The van der Waals surface area contributed by atoms with Crippen molar-refractivity contribution >= 4 is 17.7 Å². The van der Waals surface area contributed by atoms with E-state index in [9.17, 15) is 9.59 Å². The summed E-state index contributed by atoms with van der Waals surface area (Å²) in [6.07, 6.45) is 5.06. The first-order chi connectivity index (χ1) is 13.5. The minimum Gasteiger partial charge on any atom is -0.379 e. The lowest BCUT2D eigenvalue weighted by atomic mass is 9.91. The van der Waals surface area contributed by atoms with E-state index >= 15 is 0 Å². The van der Waals surface area contributed by atoms with Crippen LogP contribution in [-0.4, -0.2) is 40.2 Å². The van der Waals surface area contributed by atoms with Crippen LogP contribution in [0.5, 0.6) is 0 Å². The number of carbonyl (C=O) groups excluding carboxylic acids is 2. The standard InChI is InChI=1S/C21H24N4O3/c1-13-10-18(23-11-13)19(22)24-28-21(27)15-7-9-16-8-6-14-4-2-3-5-17(14)20(26)25(16)12-15/h2-5,10-11,15-16,23H,6-9,12H2,1H3,(H2,22,24). The number of H-pyrrole nitrogens is 1. The van der Waals surface area contributed by atoms with E-state index in [4.69, 9.17) is 10.6 Å². The van der Waals surface area contributed by atoms with E-state index in [0.29, 0.717) is 18.7 Å². The summed E-state index contributed by atoms with van der Waals surface area (Å²) < 4.78 is 0. The lowest BCUT2D eigenvalue weighted by molar-refractivity contribution is -0.150. The molecule has 3 N–H and O–H groups in total. The molecule has 1 fully saturated rings. The van der Waals surface area contributed by atoms with E-state index in [1.165, 1.54) is 0 Å². The summed E-state index contributed by atoms with van der Waals surface area (Å²) >= 11 is 0. The molecule has 1 amide bonds. The number of nitrogens with two attached hydrogens (primary N) is 1. The maximum absolute atomic E-state index is 13.0. The molecule has 2 atom stereocenters. The number of aryl methyl sites for hydroxylation is 2. The number of carbonyl (C=O) groups is 2. The molecule has 2 aromatic rings. The van der Waals surface area contributed by atoms with Crippen molar-refractivity contribution in [1.29, 1.82) is 0 Å². The summed E-state index contributed by atoms with van der Waals surface area (Å²) in [5.74, 6) is -0.724. The Balaban J connectivity index is 1.45.